The first-order chi connectivity index (χ1) is 11.1. The van der Waals surface area contributed by atoms with Gasteiger partial charge in [-0.05, 0) is 23.8 Å². The number of likely N-dealkylation sites (N-methyl/N-ethyl adjacent to an activating group) is 1. The van der Waals surface area contributed by atoms with E-state index in [1.165, 1.54) is 7.11 Å². The van der Waals surface area contributed by atoms with Crippen LogP contribution in [0.1, 0.15) is 15.9 Å². The van der Waals surface area contributed by atoms with Crippen molar-refractivity contribution in [2.75, 3.05) is 25.6 Å². The Bertz CT molecular complexity index is 659. The Hall–Kier alpha value is -2.96. The number of hydrogen-bond acceptors (Lipinski definition) is 7. The minimum atomic E-state index is -0.405. The van der Waals surface area contributed by atoms with Crippen LogP contribution in [-0.4, -0.2) is 42.6 Å². The van der Waals surface area contributed by atoms with Gasteiger partial charge in [-0.2, -0.15) is 0 Å². The molecule has 7 heteroatoms. The van der Waals surface area contributed by atoms with E-state index in [0.29, 0.717) is 11.5 Å². The van der Waals surface area contributed by atoms with Gasteiger partial charge in [0, 0.05) is 19.4 Å². The highest BCUT2D eigenvalue weighted by Gasteiger charge is 2.11. The second-order valence-electron chi connectivity index (χ2n) is 4.75. The van der Waals surface area contributed by atoms with E-state index >= 15 is 0 Å². The van der Waals surface area contributed by atoms with Gasteiger partial charge in [0.05, 0.1) is 12.7 Å². The zero-order chi connectivity index (χ0) is 16.7. The molecule has 0 fully saturated rings. The number of methoxy groups -OCH3 is 1. The third-order valence-electron chi connectivity index (χ3n) is 3.03. The molecule has 7 nitrogen and oxygen atoms in total. The summed E-state index contributed by atoms with van der Waals surface area (Å²) in [5.41, 5.74) is 1.23. The maximum atomic E-state index is 11.8. The molecule has 0 radical (unpaired) electrons. The van der Waals surface area contributed by atoms with Crippen molar-refractivity contribution >= 4 is 17.9 Å². The smallest absolute Gasteiger partial charge is 0.337 e. The fourth-order valence-electron chi connectivity index (χ4n) is 1.82. The normalized spacial score (nSPS) is 10.0. The molecule has 0 amide bonds. The van der Waals surface area contributed by atoms with Gasteiger partial charge in [-0.25, -0.2) is 14.8 Å². The molecule has 2 rings (SSSR count). The first-order valence-corrected chi connectivity index (χ1v) is 6.91. The highest BCUT2D eigenvalue weighted by molar-refractivity contribution is 5.89. The number of benzene rings is 1. The summed E-state index contributed by atoms with van der Waals surface area (Å²) in [6.45, 7) is 0.175. The molecule has 2 aromatic rings. The summed E-state index contributed by atoms with van der Waals surface area (Å²) >= 11 is 0. The number of rotatable bonds is 6. The summed E-state index contributed by atoms with van der Waals surface area (Å²) in [6, 6.07) is 8.37. The van der Waals surface area contributed by atoms with E-state index in [-0.39, 0.29) is 13.2 Å². The van der Waals surface area contributed by atoms with E-state index < -0.39 is 11.9 Å². The molecular weight excluding hydrogens is 298 g/mol. The van der Waals surface area contributed by atoms with Crippen molar-refractivity contribution < 1.29 is 19.1 Å². The first kappa shape index (κ1) is 16.4. The van der Waals surface area contributed by atoms with Crippen molar-refractivity contribution in [3.8, 4) is 0 Å². The van der Waals surface area contributed by atoms with Crippen molar-refractivity contribution in [2.24, 2.45) is 0 Å². The third kappa shape index (κ3) is 4.77. The van der Waals surface area contributed by atoms with Crippen LogP contribution in [0.2, 0.25) is 0 Å². The van der Waals surface area contributed by atoms with E-state index in [4.69, 9.17) is 4.74 Å². The number of hydrogen-bond donors (Lipinski definition) is 0. The van der Waals surface area contributed by atoms with E-state index in [2.05, 4.69) is 14.7 Å². The quantitative estimate of drug-likeness (QED) is 0.746. The summed E-state index contributed by atoms with van der Waals surface area (Å²) in [7, 11) is 3.03. The maximum absolute atomic E-state index is 11.8. The fraction of sp³-hybridized carbons (Fsp3) is 0.250. The van der Waals surface area contributed by atoms with Crippen LogP contribution in [0.15, 0.2) is 42.7 Å². The second kappa shape index (κ2) is 7.88. The summed E-state index contributed by atoms with van der Waals surface area (Å²) in [5, 5.41) is 0. The van der Waals surface area contributed by atoms with Gasteiger partial charge in [0.15, 0.2) is 0 Å². The van der Waals surface area contributed by atoms with Gasteiger partial charge >= 0.3 is 11.9 Å². The molecule has 0 N–H and O–H groups in total. The van der Waals surface area contributed by atoms with Crippen LogP contribution < -0.4 is 4.90 Å². The SMILES string of the molecule is COC(=O)c1ccc(COC(=O)CN(C)c2ncccn2)cc1. The number of aromatic nitrogens is 2. The van der Waals surface area contributed by atoms with Crippen molar-refractivity contribution in [2.45, 2.75) is 6.61 Å². The topological polar surface area (TPSA) is 81.6 Å². The largest absolute Gasteiger partial charge is 0.465 e. The summed E-state index contributed by atoms with van der Waals surface area (Å²) in [5.74, 6) is -0.345. The molecule has 0 saturated carbocycles. The number of esters is 2. The Morgan fingerprint density at radius 2 is 1.78 bits per heavy atom. The van der Waals surface area contributed by atoms with Crippen molar-refractivity contribution in [1.29, 1.82) is 0 Å². The minimum Gasteiger partial charge on any atom is -0.465 e. The Labute approximate surface area is 133 Å². The first-order valence-electron chi connectivity index (χ1n) is 6.91. The molecule has 0 bridgehead atoms. The number of ether oxygens (including phenoxy) is 2. The van der Waals surface area contributed by atoms with E-state index in [1.54, 1.807) is 54.7 Å². The average molecular weight is 315 g/mol. The molecule has 120 valence electrons. The van der Waals surface area contributed by atoms with E-state index in [9.17, 15) is 9.59 Å². The predicted octanol–water partition coefficient (Wildman–Crippen LogP) is 1.44. The van der Waals surface area contributed by atoms with Crippen molar-refractivity contribution in [3.05, 3.63) is 53.9 Å². The molecule has 0 aliphatic carbocycles. The lowest BCUT2D eigenvalue weighted by atomic mass is 10.1. The fourth-order valence-corrected chi connectivity index (χ4v) is 1.82. The van der Waals surface area contributed by atoms with Crippen LogP contribution in [0.5, 0.6) is 0 Å². The van der Waals surface area contributed by atoms with Gasteiger partial charge in [-0.3, -0.25) is 4.79 Å². The number of nitrogens with zero attached hydrogens (tertiary/aromatic N) is 3. The zero-order valence-corrected chi connectivity index (χ0v) is 12.9. The van der Waals surface area contributed by atoms with Gasteiger partial charge in [0.1, 0.15) is 13.2 Å². The molecule has 1 heterocycles. The van der Waals surface area contributed by atoms with Gasteiger partial charge in [0.25, 0.3) is 0 Å². The Balaban J connectivity index is 1.83. The number of anilines is 1. The monoisotopic (exact) mass is 315 g/mol. The third-order valence-corrected chi connectivity index (χ3v) is 3.03. The van der Waals surface area contributed by atoms with Crippen LogP contribution in [0.3, 0.4) is 0 Å². The number of carbonyl (C=O) groups excluding carboxylic acids is 2. The number of carbonyl (C=O) groups is 2. The lowest BCUT2D eigenvalue weighted by molar-refractivity contribution is -0.143. The van der Waals surface area contributed by atoms with Gasteiger partial charge < -0.3 is 14.4 Å². The van der Waals surface area contributed by atoms with Crippen LogP contribution in [0.25, 0.3) is 0 Å². The second-order valence-corrected chi connectivity index (χ2v) is 4.75. The van der Waals surface area contributed by atoms with E-state index in [1.807, 2.05) is 0 Å². The molecule has 1 aromatic carbocycles. The molecule has 0 unspecified atom stereocenters. The average Bonchev–Trinajstić information content (AvgIpc) is 2.60. The lowest BCUT2D eigenvalue weighted by Gasteiger charge is -2.15. The molecule has 0 aliphatic rings. The highest BCUT2D eigenvalue weighted by Crippen LogP contribution is 2.08. The van der Waals surface area contributed by atoms with E-state index in [0.717, 1.165) is 5.56 Å². The summed E-state index contributed by atoms with van der Waals surface area (Å²) < 4.78 is 9.81. The Kier molecular flexibility index (Phi) is 5.62. The van der Waals surface area contributed by atoms with Crippen LogP contribution in [0, 0.1) is 0 Å². The maximum Gasteiger partial charge on any atom is 0.337 e. The van der Waals surface area contributed by atoms with Crippen LogP contribution in [0.4, 0.5) is 5.95 Å². The predicted molar refractivity (Wildman–Crippen MR) is 82.9 cm³/mol. The molecule has 0 spiro atoms. The van der Waals surface area contributed by atoms with Crippen LogP contribution in [-0.2, 0) is 20.9 Å². The molecule has 23 heavy (non-hydrogen) atoms. The molecule has 0 saturated heterocycles. The molecule has 0 aliphatic heterocycles. The minimum absolute atomic E-state index is 0.0459. The standard InChI is InChI=1S/C16H17N3O4/c1-19(16-17-8-3-9-18-16)10-14(20)23-11-12-4-6-13(7-5-12)15(21)22-2/h3-9H,10-11H2,1-2H3. The van der Waals surface area contributed by atoms with Crippen molar-refractivity contribution in [3.63, 3.8) is 0 Å². The lowest BCUT2D eigenvalue weighted by Crippen LogP contribution is -2.28. The van der Waals surface area contributed by atoms with Gasteiger partial charge in [-0.15, -0.1) is 0 Å². The Morgan fingerprint density at radius 3 is 2.39 bits per heavy atom. The van der Waals surface area contributed by atoms with Crippen molar-refractivity contribution in [1.82, 2.24) is 9.97 Å². The Morgan fingerprint density at radius 1 is 1.13 bits per heavy atom. The molecular formula is C16H17N3O4. The van der Waals surface area contributed by atoms with Gasteiger partial charge in [-0.1, -0.05) is 12.1 Å². The van der Waals surface area contributed by atoms with Crippen LogP contribution >= 0.6 is 0 Å². The summed E-state index contributed by atoms with van der Waals surface area (Å²) in [6.07, 6.45) is 3.21. The summed E-state index contributed by atoms with van der Waals surface area (Å²) in [4.78, 5) is 32.8. The molecule has 1 aromatic heterocycles. The zero-order valence-electron chi connectivity index (χ0n) is 12.9. The highest BCUT2D eigenvalue weighted by atomic mass is 16.5. The van der Waals surface area contributed by atoms with Gasteiger partial charge in [0.2, 0.25) is 5.95 Å². The molecule has 0 atom stereocenters.